The monoisotopic (exact) mass is 494 g/mol. The zero-order valence-electron chi connectivity index (χ0n) is 14.7. The summed E-state index contributed by atoms with van der Waals surface area (Å²) in [6.07, 6.45) is -1.13. The minimum atomic E-state index is -1.89. The Morgan fingerprint density at radius 2 is 1.72 bits per heavy atom. The lowest BCUT2D eigenvalue weighted by atomic mass is 10.3. The number of alkyl halides is 3. The summed E-state index contributed by atoms with van der Waals surface area (Å²) in [5.74, 6) is 0.00958. The van der Waals surface area contributed by atoms with Gasteiger partial charge in [-0.3, -0.25) is 4.79 Å². The number of para-hydroxylation sites is 1. The van der Waals surface area contributed by atoms with Gasteiger partial charge in [0.05, 0.1) is 4.90 Å². The van der Waals surface area contributed by atoms with E-state index in [0.29, 0.717) is 16.3 Å². The molecule has 5 N–H and O–H groups in total. The Morgan fingerprint density at radius 3 is 2.28 bits per heavy atom. The van der Waals surface area contributed by atoms with Crippen LogP contribution in [0.15, 0.2) is 59.5 Å². The van der Waals surface area contributed by atoms with Crippen molar-refractivity contribution < 1.29 is 13.7 Å². The van der Waals surface area contributed by atoms with Gasteiger partial charge in [-0.05, 0) is 48.6 Å². The first-order chi connectivity index (χ1) is 13.6. The van der Waals surface area contributed by atoms with Gasteiger partial charge in [-0.2, -0.15) is 0 Å². The minimum absolute atomic E-state index is 0.0900. The average molecular weight is 496 g/mol. The van der Waals surface area contributed by atoms with E-state index >= 15 is 0 Å². The van der Waals surface area contributed by atoms with E-state index in [4.69, 9.17) is 56.9 Å². The molecule has 0 aliphatic carbocycles. The van der Waals surface area contributed by atoms with Crippen molar-refractivity contribution in [1.82, 2.24) is 10.6 Å². The Balaban J connectivity index is 1.92. The van der Waals surface area contributed by atoms with Gasteiger partial charge in [-0.25, -0.2) is 9.35 Å². The quantitative estimate of drug-likeness (QED) is 0.267. The van der Waals surface area contributed by atoms with Crippen LogP contribution in [0.4, 0.5) is 5.69 Å². The summed E-state index contributed by atoms with van der Waals surface area (Å²) in [5, 5.41) is 13.5. The topological polar surface area (TPSA) is 105 Å². The van der Waals surface area contributed by atoms with Gasteiger partial charge in [0.25, 0.3) is 5.91 Å². The molecule has 156 valence electrons. The third-order valence-electron chi connectivity index (χ3n) is 3.37. The van der Waals surface area contributed by atoms with Crippen molar-refractivity contribution in [1.29, 1.82) is 0 Å². The molecule has 0 aliphatic heterocycles. The van der Waals surface area contributed by atoms with E-state index in [1.54, 1.807) is 48.5 Å². The standard InChI is InChI=1S/C17H17Cl3N4O3S2/c18-17(19,20)15(23-14(25)10-27-12-4-2-1-3-5-12)24-16(28)22-11-6-8-13(9-7-11)29(21)26/h1-9,15H,10,21H2,(H,23,25)(H2,22,24,28)/t15-,29-/m1/s1. The number of halogens is 3. The largest absolute Gasteiger partial charge is 0.484 e. The van der Waals surface area contributed by atoms with Gasteiger partial charge < -0.3 is 20.7 Å². The number of anilines is 1. The number of hydrogen-bond acceptors (Lipinski definition) is 4. The number of benzene rings is 2. The van der Waals surface area contributed by atoms with Crippen LogP contribution >= 0.6 is 47.0 Å². The highest BCUT2D eigenvalue weighted by Gasteiger charge is 2.34. The summed E-state index contributed by atoms with van der Waals surface area (Å²) >= 11 is 23.0. The Labute approximate surface area is 190 Å². The van der Waals surface area contributed by atoms with E-state index in [1.165, 1.54) is 0 Å². The lowest BCUT2D eigenvalue weighted by molar-refractivity contribution is -0.123. The third-order valence-corrected chi connectivity index (χ3v) is 4.98. The summed E-state index contributed by atoms with van der Waals surface area (Å²) in [7, 11) is -1.58. The normalized spacial score (nSPS) is 13.1. The van der Waals surface area contributed by atoms with Crippen LogP contribution in [0.25, 0.3) is 0 Å². The van der Waals surface area contributed by atoms with Gasteiger partial charge in [-0.1, -0.05) is 53.0 Å². The van der Waals surface area contributed by atoms with E-state index in [0.717, 1.165) is 0 Å². The number of ether oxygens (including phenoxy) is 1. The van der Waals surface area contributed by atoms with E-state index in [9.17, 15) is 9.00 Å². The molecule has 0 fully saturated rings. The fraction of sp³-hybridized carbons (Fsp3) is 0.176. The van der Waals surface area contributed by atoms with Crippen LogP contribution in [0.1, 0.15) is 0 Å². The molecule has 2 aromatic carbocycles. The molecule has 0 saturated heterocycles. The van der Waals surface area contributed by atoms with Crippen LogP contribution in [0.3, 0.4) is 0 Å². The fourth-order valence-electron chi connectivity index (χ4n) is 2.04. The predicted molar refractivity (Wildman–Crippen MR) is 121 cm³/mol. The molecule has 2 atom stereocenters. The Bertz CT molecular complexity index is 864. The summed E-state index contributed by atoms with van der Waals surface area (Å²) in [6.45, 7) is -0.277. The Hall–Kier alpha value is -1.62. The summed E-state index contributed by atoms with van der Waals surface area (Å²) < 4.78 is 14.7. The van der Waals surface area contributed by atoms with E-state index in [1.807, 2.05) is 6.07 Å². The number of rotatable bonds is 7. The molecule has 1 amide bonds. The molecular weight excluding hydrogens is 479 g/mol. The molecule has 7 nitrogen and oxygen atoms in total. The number of thiocarbonyl (C=S) groups is 1. The maximum Gasteiger partial charge on any atom is 0.259 e. The second kappa shape index (κ2) is 11.0. The highest BCUT2D eigenvalue weighted by molar-refractivity contribution is 7.82. The molecule has 12 heteroatoms. The zero-order valence-corrected chi connectivity index (χ0v) is 18.6. The number of amides is 1. The predicted octanol–water partition coefficient (Wildman–Crippen LogP) is 2.85. The number of carbonyl (C=O) groups is 1. The van der Waals surface area contributed by atoms with Crippen LogP contribution in [0.2, 0.25) is 0 Å². The maximum absolute atomic E-state index is 12.2. The van der Waals surface area contributed by atoms with Crippen LogP contribution in [0, 0.1) is 0 Å². The van der Waals surface area contributed by atoms with Gasteiger partial charge in [-0.15, -0.1) is 0 Å². The van der Waals surface area contributed by atoms with Crippen LogP contribution in [0.5, 0.6) is 5.75 Å². The SMILES string of the molecule is N[S@](=O)c1ccc(NC(=S)N[C@@H](NC(=O)COc2ccccc2)C(Cl)(Cl)Cl)cc1. The highest BCUT2D eigenvalue weighted by Crippen LogP contribution is 2.29. The van der Waals surface area contributed by atoms with Crippen molar-refractivity contribution in [2.24, 2.45) is 5.14 Å². The van der Waals surface area contributed by atoms with Crippen molar-refractivity contribution in [3.8, 4) is 5.75 Å². The van der Waals surface area contributed by atoms with Crippen molar-refractivity contribution in [2.75, 3.05) is 11.9 Å². The first-order valence-electron chi connectivity index (χ1n) is 8.03. The van der Waals surface area contributed by atoms with Gasteiger partial charge in [0, 0.05) is 5.69 Å². The lowest BCUT2D eigenvalue weighted by Crippen LogP contribution is -2.56. The first-order valence-corrected chi connectivity index (χ1v) is 10.8. The lowest BCUT2D eigenvalue weighted by Gasteiger charge is -2.27. The molecule has 0 aromatic heterocycles. The molecule has 0 aliphatic rings. The summed E-state index contributed by atoms with van der Waals surface area (Å²) in [6, 6.07) is 15.2. The molecule has 0 unspecified atom stereocenters. The molecule has 0 spiro atoms. The van der Waals surface area contributed by atoms with Gasteiger partial charge in [0.15, 0.2) is 11.7 Å². The second-order valence-corrected chi connectivity index (χ2v) is 9.41. The van der Waals surface area contributed by atoms with Crippen molar-refractivity contribution in [2.45, 2.75) is 14.9 Å². The second-order valence-electron chi connectivity index (χ2n) is 5.56. The number of hydrogen-bond donors (Lipinski definition) is 4. The number of nitrogens with one attached hydrogen (secondary N) is 3. The smallest absolute Gasteiger partial charge is 0.259 e. The zero-order chi connectivity index (χ0) is 21.4. The minimum Gasteiger partial charge on any atom is -0.484 e. The highest BCUT2D eigenvalue weighted by atomic mass is 35.6. The summed E-state index contributed by atoms with van der Waals surface area (Å²) in [4.78, 5) is 12.6. The average Bonchev–Trinajstić information content (AvgIpc) is 2.66. The number of carbonyl (C=O) groups excluding carboxylic acids is 1. The van der Waals surface area contributed by atoms with E-state index in [2.05, 4.69) is 16.0 Å². The Morgan fingerprint density at radius 1 is 1.10 bits per heavy atom. The van der Waals surface area contributed by atoms with Crippen LogP contribution in [-0.2, 0) is 15.8 Å². The molecule has 0 heterocycles. The van der Waals surface area contributed by atoms with Gasteiger partial charge >= 0.3 is 0 Å². The van der Waals surface area contributed by atoms with Crippen molar-refractivity contribution in [3.05, 3.63) is 54.6 Å². The van der Waals surface area contributed by atoms with E-state index < -0.39 is 26.9 Å². The van der Waals surface area contributed by atoms with Crippen molar-refractivity contribution in [3.63, 3.8) is 0 Å². The third kappa shape index (κ3) is 8.33. The molecule has 2 aromatic rings. The molecular formula is C17H17Cl3N4O3S2. The maximum atomic E-state index is 12.2. The van der Waals surface area contributed by atoms with Gasteiger partial charge in [0.2, 0.25) is 3.79 Å². The Kier molecular flexibility index (Phi) is 8.94. The molecule has 29 heavy (non-hydrogen) atoms. The fourth-order valence-corrected chi connectivity index (χ4v) is 3.01. The summed E-state index contributed by atoms with van der Waals surface area (Å²) in [5.41, 5.74) is 0.582. The van der Waals surface area contributed by atoms with E-state index in [-0.39, 0.29) is 11.7 Å². The molecule has 0 bridgehead atoms. The first kappa shape index (κ1) is 23.7. The van der Waals surface area contributed by atoms with Crippen LogP contribution in [-0.4, -0.2) is 31.8 Å². The van der Waals surface area contributed by atoms with Gasteiger partial charge in [0.1, 0.15) is 22.9 Å². The van der Waals surface area contributed by atoms with Crippen LogP contribution < -0.4 is 25.8 Å². The number of nitrogens with two attached hydrogens (primary N) is 1. The molecule has 2 rings (SSSR count). The van der Waals surface area contributed by atoms with Crippen molar-refractivity contribution >= 4 is 74.7 Å². The molecule has 0 saturated carbocycles. The molecule has 0 radical (unpaired) electrons.